The molecule has 0 aliphatic rings. The number of para-hydroxylation sites is 1. The van der Waals surface area contributed by atoms with Crippen molar-refractivity contribution >= 4 is 64.0 Å². The molecule has 2 aromatic carbocycles. The van der Waals surface area contributed by atoms with Gasteiger partial charge in [0.25, 0.3) is 0 Å². The van der Waals surface area contributed by atoms with Crippen LogP contribution in [0.2, 0.25) is 25.1 Å². The summed E-state index contributed by atoms with van der Waals surface area (Å²) in [6.07, 6.45) is 0. The van der Waals surface area contributed by atoms with Crippen LogP contribution in [-0.2, 0) is 4.79 Å². The fraction of sp³-hybridized carbons (Fsp3) is 0.0714. The van der Waals surface area contributed by atoms with Gasteiger partial charge in [0.1, 0.15) is 15.8 Å². The molecule has 0 N–H and O–H groups in total. The lowest BCUT2D eigenvalue weighted by molar-refractivity contribution is -0.136. The van der Waals surface area contributed by atoms with Crippen LogP contribution in [-0.4, -0.2) is 12.6 Å². The fourth-order valence-corrected chi connectivity index (χ4v) is 2.72. The largest absolute Gasteiger partial charge is 0.479 e. The van der Waals surface area contributed by atoms with Crippen LogP contribution in [0.1, 0.15) is 0 Å². The molecule has 8 heteroatoms. The predicted octanol–water partition coefficient (Wildman–Crippen LogP) is 5.94. The Morgan fingerprint density at radius 2 is 1.32 bits per heavy atom. The maximum atomic E-state index is 11.7. The highest BCUT2D eigenvalue weighted by Gasteiger charge is 2.21. The normalized spacial score (nSPS) is 10.4. The molecule has 0 aliphatic heterocycles. The minimum Gasteiger partial charge on any atom is -0.479 e. The summed E-state index contributed by atoms with van der Waals surface area (Å²) in [5.41, 5.74) is 0. The van der Waals surface area contributed by atoms with Crippen LogP contribution in [0.25, 0.3) is 0 Å². The molecular formula is C14H7Cl5O3. The van der Waals surface area contributed by atoms with Crippen LogP contribution in [0.15, 0.2) is 30.3 Å². The molecule has 0 aromatic heterocycles. The molecular weight excluding hydrogens is 393 g/mol. The number of ether oxygens (including phenoxy) is 2. The van der Waals surface area contributed by atoms with Crippen molar-refractivity contribution in [3.05, 3.63) is 55.4 Å². The zero-order chi connectivity index (χ0) is 16.3. The maximum Gasteiger partial charge on any atom is 0.349 e. The molecule has 0 heterocycles. The second-order valence-electron chi connectivity index (χ2n) is 3.97. The van der Waals surface area contributed by atoms with Crippen molar-refractivity contribution in [1.82, 2.24) is 0 Å². The van der Waals surface area contributed by atoms with Gasteiger partial charge in [0, 0.05) is 0 Å². The quantitative estimate of drug-likeness (QED) is 0.276. The van der Waals surface area contributed by atoms with Gasteiger partial charge >= 0.3 is 5.97 Å². The zero-order valence-corrected chi connectivity index (χ0v) is 14.5. The van der Waals surface area contributed by atoms with Crippen LogP contribution in [0.4, 0.5) is 0 Å². The first-order chi connectivity index (χ1) is 10.4. The van der Waals surface area contributed by atoms with E-state index in [4.69, 9.17) is 67.5 Å². The summed E-state index contributed by atoms with van der Waals surface area (Å²) in [6.45, 7) is -0.428. The van der Waals surface area contributed by atoms with E-state index in [1.807, 2.05) is 0 Å². The van der Waals surface area contributed by atoms with Gasteiger partial charge in [0.05, 0.1) is 15.1 Å². The Balaban J connectivity index is 2.10. The standard InChI is InChI=1S/C14H7Cl5O3/c15-9-10(16)12(18)14(13(19)11(9)17)21-6-8(20)22-7-4-2-1-3-5-7/h1-5H,6H2. The molecule has 0 atom stereocenters. The number of hydrogen-bond donors (Lipinski definition) is 0. The topological polar surface area (TPSA) is 35.5 Å². The van der Waals surface area contributed by atoms with Crippen LogP contribution >= 0.6 is 58.0 Å². The third kappa shape index (κ3) is 3.92. The Hall–Kier alpha value is -0.840. The number of halogens is 5. The molecule has 22 heavy (non-hydrogen) atoms. The SMILES string of the molecule is O=C(COc1c(Cl)c(Cl)c(Cl)c(Cl)c1Cl)Oc1ccccc1. The number of esters is 1. The summed E-state index contributed by atoms with van der Waals surface area (Å²) < 4.78 is 10.3. The van der Waals surface area contributed by atoms with Crippen LogP contribution < -0.4 is 9.47 Å². The van der Waals surface area contributed by atoms with E-state index in [0.29, 0.717) is 5.75 Å². The van der Waals surface area contributed by atoms with E-state index in [1.165, 1.54) is 0 Å². The van der Waals surface area contributed by atoms with Gasteiger partial charge in [-0.3, -0.25) is 0 Å². The lowest BCUT2D eigenvalue weighted by atomic mass is 10.3. The molecule has 3 nitrogen and oxygen atoms in total. The fourth-order valence-electron chi connectivity index (χ4n) is 1.49. The minimum atomic E-state index is -0.638. The van der Waals surface area contributed by atoms with Crippen molar-refractivity contribution in [2.75, 3.05) is 6.61 Å². The van der Waals surface area contributed by atoms with E-state index < -0.39 is 12.6 Å². The van der Waals surface area contributed by atoms with Gasteiger partial charge in [-0.2, -0.15) is 0 Å². The highest BCUT2D eigenvalue weighted by Crippen LogP contribution is 2.48. The average molecular weight is 400 g/mol. The molecule has 2 aromatic rings. The second kappa shape index (κ2) is 7.62. The average Bonchev–Trinajstić information content (AvgIpc) is 2.52. The molecule has 0 amide bonds. The van der Waals surface area contributed by atoms with Gasteiger partial charge in [-0.25, -0.2) is 4.79 Å². The minimum absolute atomic E-state index is 0.0100. The summed E-state index contributed by atoms with van der Waals surface area (Å²) in [5, 5.41) is -0.0759. The van der Waals surface area contributed by atoms with Crippen molar-refractivity contribution in [1.29, 1.82) is 0 Å². The van der Waals surface area contributed by atoms with E-state index in [-0.39, 0.29) is 30.9 Å². The Labute approximate surface area is 151 Å². The van der Waals surface area contributed by atoms with Crippen molar-refractivity contribution in [2.24, 2.45) is 0 Å². The lowest BCUT2D eigenvalue weighted by Crippen LogP contribution is -2.18. The first kappa shape index (κ1) is 17.5. The van der Waals surface area contributed by atoms with E-state index in [0.717, 1.165) is 0 Å². The monoisotopic (exact) mass is 398 g/mol. The third-order valence-corrected chi connectivity index (χ3v) is 4.72. The van der Waals surface area contributed by atoms with Gasteiger partial charge in [-0.05, 0) is 12.1 Å². The second-order valence-corrected chi connectivity index (χ2v) is 5.86. The van der Waals surface area contributed by atoms with Gasteiger partial charge < -0.3 is 9.47 Å². The Kier molecular flexibility index (Phi) is 6.07. The zero-order valence-electron chi connectivity index (χ0n) is 10.7. The number of carbonyl (C=O) groups is 1. The summed E-state index contributed by atoms with van der Waals surface area (Å²) in [7, 11) is 0. The Morgan fingerprint density at radius 3 is 1.86 bits per heavy atom. The molecule has 2 rings (SSSR count). The molecule has 0 fully saturated rings. The number of rotatable bonds is 4. The summed E-state index contributed by atoms with van der Waals surface area (Å²) >= 11 is 29.6. The first-order valence-corrected chi connectivity index (χ1v) is 7.70. The van der Waals surface area contributed by atoms with Crippen LogP contribution in [0.3, 0.4) is 0 Å². The van der Waals surface area contributed by atoms with Gasteiger partial charge in [-0.1, -0.05) is 76.2 Å². The van der Waals surface area contributed by atoms with Crippen molar-refractivity contribution in [2.45, 2.75) is 0 Å². The Morgan fingerprint density at radius 1 is 0.818 bits per heavy atom. The molecule has 0 bridgehead atoms. The third-order valence-electron chi connectivity index (χ3n) is 2.48. The number of hydrogen-bond acceptors (Lipinski definition) is 3. The van der Waals surface area contributed by atoms with Gasteiger partial charge in [0.15, 0.2) is 12.4 Å². The van der Waals surface area contributed by atoms with Crippen molar-refractivity contribution < 1.29 is 14.3 Å². The van der Waals surface area contributed by atoms with E-state index in [1.54, 1.807) is 30.3 Å². The molecule has 0 unspecified atom stereocenters. The van der Waals surface area contributed by atoms with E-state index in [2.05, 4.69) is 0 Å². The molecule has 0 radical (unpaired) electrons. The van der Waals surface area contributed by atoms with Crippen molar-refractivity contribution in [3.63, 3.8) is 0 Å². The molecule has 116 valence electrons. The van der Waals surface area contributed by atoms with Gasteiger partial charge in [-0.15, -0.1) is 0 Å². The molecule has 0 saturated heterocycles. The molecule has 0 aliphatic carbocycles. The summed E-state index contributed by atoms with van der Waals surface area (Å²) in [6, 6.07) is 8.53. The van der Waals surface area contributed by atoms with Crippen molar-refractivity contribution in [3.8, 4) is 11.5 Å². The molecule has 0 spiro atoms. The summed E-state index contributed by atoms with van der Waals surface area (Å²) in [4.78, 5) is 11.7. The van der Waals surface area contributed by atoms with E-state index in [9.17, 15) is 4.79 Å². The number of benzene rings is 2. The predicted molar refractivity (Wildman–Crippen MR) is 89.1 cm³/mol. The first-order valence-electron chi connectivity index (χ1n) is 5.81. The maximum absolute atomic E-state index is 11.7. The van der Waals surface area contributed by atoms with Gasteiger partial charge in [0.2, 0.25) is 0 Å². The lowest BCUT2D eigenvalue weighted by Gasteiger charge is -2.13. The highest BCUT2D eigenvalue weighted by atomic mass is 35.5. The van der Waals surface area contributed by atoms with Crippen LogP contribution in [0, 0.1) is 0 Å². The van der Waals surface area contributed by atoms with Crippen LogP contribution in [0.5, 0.6) is 11.5 Å². The summed E-state index contributed by atoms with van der Waals surface area (Å²) in [5.74, 6) is -0.284. The molecule has 0 saturated carbocycles. The Bertz CT molecular complexity index is 674. The highest BCUT2D eigenvalue weighted by molar-refractivity contribution is 6.55. The smallest absolute Gasteiger partial charge is 0.349 e. The number of carbonyl (C=O) groups excluding carboxylic acids is 1. The van der Waals surface area contributed by atoms with E-state index >= 15 is 0 Å².